The standard InChI is InChI=1S/C15H21N5O/c1-9-12-13(20(2)19-9)15(16-8-11-4-3-7-21-11)18-14(17-12)10-5-6-10/h10-11H,3-8H2,1-2H3,(H,16,17,18)/t11-/m1/s1. The topological polar surface area (TPSA) is 64.9 Å². The van der Waals surface area contributed by atoms with Crippen molar-refractivity contribution in [3.63, 3.8) is 0 Å². The lowest BCUT2D eigenvalue weighted by Crippen LogP contribution is -2.20. The third-order valence-corrected chi connectivity index (χ3v) is 4.33. The Bertz CT molecular complexity index is 670. The van der Waals surface area contributed by atoms with Gasteiger partial charge in [0, 0.05) is 26.1 Å². The number of nitrogens with one attached hydrogen (secondary N) is 1. The molecule has 0 spiro atoms. The number of hydrogen-bond acceptors (Lipinski definition) is 5. The van der Waals surface area contributed by atoms with E-state index in [2.05, 4.69) is 10.4 Å². The number of hydrogen-bond donors (Lipinski definition) is 1. The van der Waals surface area contributed by atoms with Crippen molar-refractivity contribution in [1.29, 1.82) is 0 Å². The first kappa shape index (κ1) is 13.0. The summed E-state index contributed by atoms with van der Waals surface area (Å²) in [6.07, 6.45) is 4.99. The Morgan fingerprint density at radius 3 is 2.86 bits per heavy atom. The van der Waals surface area contributed by atoms with E-state index in [1.165, 1.54) is 12.8 Å². The number of anilines is 1. The van der Waals surface area contributed by atoms with Gasteiger partial charge >= 0.3 is 0 Å². The van der Waals surface area contributed by atoms with Gasteiger partial charge in [0.25, 0.3) is 0 Å². The van der Waals surface area contributed by atoms with Gasteiger partial charge in [-0.25, -0.2) is 9.97 Å². The molecule has 4 rings (SSSR count). The van der Waals surface area contributed by atoms with E-state index in [4.69, 9.17) is 14.7 Å². The highest BCUT2D eigenvalue weighted by atomic mass is 16.5. The van der Waals surface area contributed by atoms with Crippen molar-refractivity contribution >= 4 is 16.9 Å². The highest BCUT2D eigenvalue weighted by Gasteiger charge is 2.29. The summed E-state index contributed by atoms with van der Waals surface area (Å²) in [6.45, 7) is 3.69. The second-order valence-electron chi connectivity index (χ2n) is 6.13. The number of rotatable bonds is 4. The van der Waals surface area contributed by atoms with E-state index in [-0.39, 0.29) is 0 Å². The average molecular weight is 287 g/mol. The molecule has 3 heterocycles. The highest BCUT2D eigenvalue weighted by Crippen LogP contribution is 2.39. The summed E-state index contributed by atoms with van der Waals surface area (Å²) in [5, 5.41) is 7.96. The van der Waals surface area contributed by atoms with Gasteiger partial charge in [0.05, 0.1) is 11.8 Å². The van der Waals surface area contributed by atoms with E-state index in [0.29, 0.717) is 12.0 Å². The van der Waals surface area contributed by atoms with Crippen molar-refractivity contribution < 1.29 is 4.74 Å². The predicted molar refractivity (Wildman–Crippen MR) is 80.5 cm³/mol. The van der Waals surface area contributed by atoms with Gasteiger partial charge in [0.2, 0.25) is 0 Å². The monoisotopic (exact) mass is 287 g/mol. The minimum atomic E-state index is 0.300. The van der Waals surface area contributed by atoms with Crippen LogP contribution in [0, 0.1) is 6.92 Å². The number of fused-ring (bicyclic) bond motifs is 1. The number of ether oxygens (including phenoxy) is 1. The van der Waals surface area contributed by atoms with E-state index in [0.717, 1.165) is 54.4 Å². The predicted octanol–water partition coefficient (Wildman–Crippen LogP) is 2.14. The summed E-state index contributed by atoms with van der Waals surface area (Å²) in [5.41, 5.74) is 2.94. The summed E-state index contributed by atoms with van der Waals surface area (Å²) < 4.78 is 7.56. The molecule has 21 heavy (non-hydrogen) atoms. The first-order chi connectivity index (χ1) is 10.2. The van der Waals surface area contributed by atoms with Crippen molar-refractivity contribution in [1.82, 2.24) is 19.7 Å². The van der Waals surface area contributed by atoms with Crippen LogP contribution in [-0.2, 0) is 11.8 Å². The summed E-state index contributed by atoms with van der Waals surface area (Å²) in [5.74, 6) is 2.41. The smallest absolute Gasteiger partial charge is 0.156 e. The Morgan fingerprint density at radius 1 is 1.29 bits per heavy atom. The van der Waals surface area contributed by atoms with Gasteiger partial charge in [0.1, 0.15) is 16.9 Å². The molecule has 0 aromatic carbocycles. The third-order valence-electron chi connectivity index (χ3n) is 4.33. The summed E-state index contributed by atoms with van der Waals surface area (Å²) in [4.78, 5) is 9.49. The number of nitrogens with zero attached hydrogens (tertiary/aromatic N) is 4. The van der Waals surface area contributed by atoms with Gasteiger partial charge in [-0.15, -0.1) is 0 Å². The van der Waals surface area contributed by atoms with E-state index >= 15 is 0 Å². The molecule has 1 N–H and O–H groups in total. The fraction of sp³-hybridized carbons (Fsp3) is 0.667. The lowest BCUT2D eigenvalue weighted by Gasteiger charge is -2.13. The summed E-state index contributed by atoms with van der Waals surface area (Å²) in [7, 11) is 1.95. The van der Waals surface area contributed by atoms with Gasteiger partial charge in [-0.2, -0.15) is 5.10 Å². The Hall–Kier alpha value is -1.69. The fourth-order valence-electron chi connectivity index (χ4n) is 3.02. The molecule has 2 fully saturated rings. The van der Waals surface area contributed by atoms with E-state index in [1.54, 1.807) is 0 Å². The van der Waals surface area contributed by atoms with Gasteiger partial charge in [-0.3, -0.25) is 4.68 Å². The molecule has 1 atom stereocenters. The zero-order valence-electron chi connectivity index (χ0n) is 12.6. The van der Waals surface area contributed by atoms with Crippen LogP contribution in [0.3, 0.4) is 0 Å². The van der Waals surface area contributed by atoms with Gasteiger partial charge < -0.3 is 10.1 Å². The quantitative estimate of drug-likeness (QED) is 0.933. The van der Waals surface area contributed by atoms with Crippen molar-refractivity contribution in [3.05, 3.63) is 11.5 Å². The summed E-state index contributed by atoms with van der Waals surface area (Å²) >= 11 is 0. The van der Waals surface area contributed by atoms with Gasteiger partial charge in [-0.1, -0.05) is 0 Å². The Balaban J connectivity index is 1.70. The molecule has 2 aromatic heterocycles. The van der Waals surface area contributed by atoms with E-state index in [9.17, 15) is 0 Å². The summed E-state index contributed by atoms with van der Waals surface area (Å²) in [6, 6.07) is 0. The second-order valence-corrected chi connectivity index (χ2v) is 6.13. The van der Waals surface area contributed by atoms with Crippen LogP contribution >= 0.6 is 0 Å². The minimum Gasteiger partial charge on any atom is -0.376 e. The first-order valence-corrected chi connectivity index (χ1v) is 7.79. The molecule has 1 saturated heterocycles. The van der Waals surface area contributed by atoms with Crippen LogP contribution in [0.15, 0.2) is 0 Å². The van der Waals surface area contributed by atoms with Crippen LogP contribution in [0.2, 0.25) is 0 Å². The second kappa shape index (κ2) is 4.94. The Kier molecular flexibility index (Phi) is 3.06. The van der Waals surface area contributed by atoms with Crippen molar-refractivity contribution in [3.8, 4) is 0 Å². The Morgan fingerprint density at radius 2 is 2.14 bits per heavy atom. The van der Waals surface area contributed by atoms with Crippen LogP contribution in [-0.4, -0.2) is 39.0 Å². The molecule has 0 unspecified atom stereocenters. The van der Waals surface area contributed by atoms with Crippen molar-refractivity contribution in [2.45, 2.75) is 44.6 Å². The molecular formula is C15H21N5O. The zero-order chi connectivity index (χ0) is 14.4. The van der Waals surface area contributed by atoms with Crippen LogP contribution in [0.1, 0.15) is 43.1 Å². The molecule has 112 valence electrons. The van der Waals surface area contributed by atoms with E-state index in [1.807, 2.05) is 18.7 Å². The molecule has 1 saturated carbocycles. The van der Waals surface area contributed by atoms with Crippen LogP contribution < -0.4 is 5.32 Å². The Labute approximate surface area is 123 Å². The molecule has 0 amide bonds. The molecule has 0 radical (unpaired) electrons. The molecular weight excluding hydrogens is 266 g/mol. The third kappa shape index (κ3) is 2.37. The first-order valence-electron chi connectivity index (χ1n) is 7.79. The molecule has 1 aliphatic heterocycles. The minimum absolute atomic E-state index is 0.300. The number of aromatic nitrogens is 4. The lowest BCUT2D eigenvalue weighted by atomic mass is 10.2. The maximum Gasteiger partial charge on any atom is 0.156 e. The van der Waals surface area contributed by atoms with Crippen molar-refractivity contribution in [2.75, 3.05) is 18.5 Å². The largest absolute Gasteiger partial charge is 0.376 e. The molecule has 6 nitrogen and oxygen atoms in total. The molecule has 2 aliphatic rings. The zero-order valence-corrected chi connectivity index (χ0v) is 12.6. The SMILES string of the molecule is Cc1nn(C)c2c(NC[C@H]3CCCO3)nc(C3CC3)nc12. The fourth-order valence-corrected chi connectivity index (χ4v) is 3.02. The average Bonchev–Trinajstić information content (AvgIpc) is 3.12. The maximum absolute atomic E-state index is 5.68. The molecule has 6 heteroatoms. The van der Waals surface area contributed by atoms with Crippen LogP contribution in [0.4, 0.5) is 5.82 Å². The van der Waals surface area contributed by atoms with E-state index < -0.39 is 0 Å². The molecule has 2 aromatic rings. The lowest BCUT2D eigenvalue weighted by molar-refractivity contribution is 0.120. The van der Waals surface area contributed by atoms with Gasteiger partial charge in [-0.05, 0) is 32.6 Å². The maximum atomic E-state index is 5.68. The van der Waals surface area contributed by atoms with Crippen molar-refractivity contribution in [2.24, 2.45) is 7.05 Å². The van der Waals surface area contributed by atoms with Crippen LogP contribution in [0.25, 0.3) is 11.0 Å². The normalized spacial score (nSPS) is 22.1. The molecule has 0 bridgehead atoms. The molecule has 1 aliphatic carbocycles. The van der Waals surface area contributed by atoms with Gasteiger partial charge in [0.15, 0.2) is 5.82 Å². The van der Waals surface area contributed by atoms with Crippen LogP contribution in [0.5, 0.6) is 0 Å². The number of aryl methyl sites for hydroxylation is 2. The highest BCUT2D eigenvalue weighted by molar-refractivity contribution is 5.87.